The molecule has 1 aliphatic heterocycles. The normalized spacial score (nSPS) is 14.9. The highest BCUT2D eigenvalue weighted by atomic mass is 32.1. The topological polar surface area (TPSA) is 74.8 Å². The van der Waals surface area contributed by atoms with Gasteiger partial charge in [0.2, 0.25) is 0 Å². The van der Waals surface area contributed by atoms with Crippen molar-refractivity contribution in [1.82, 2.24) is 14.8 Å². The predicted octanol–water partition coefficient (Wildman–Crippen LogP) is 2.90. The van der Waals surface area contributed by atoms with E-state index in [1.807, 2.05) is 18.7 Å². The molecule has 27 heavy (non-hydrogen) atoms. The van der Waals surface area contributed by atoms with E-state index < -0.39 is 0 Å². The van der Waals surface area contributed by atoms with Gasteiger partial charge in [-0.2, -0.15) is 0 Å². The van der Waals surface area contributed by atoms with Crippen molar-refractivity contribution in [3.8, 4) is 0 Å². The molecule has 144 valence electrons. The second-order valence-electron chi connectivity index (χ2n) is 6.57. The van der Waals surface area contributed by atoms with Gasteiger partial charge in [0.25, 0.3) is 0 Å². The maximum atomic E-state index is 12.6. The summed E-state index contributed by atoms with van der Waals surface area (Å²) in [5.41, 5.74) is 3.09. The molecule has 1 aliphatic rings. The molecular weight excluding hydrogens is 364 g/mol. The predicted molar refractivity (Wildman–Crippen MR) is 105 cm³/mol. The summed E-state index contributed by atoms with van der Waals surface area (Å²) in [6.07, 6.45) is 0. The molecule has 1 fully saturated rings. The van der Waals surface area contributed by atoms with Gasteiger partial charge in [-0.1, -0.05) is 0 Å². The Kier molecular flexibility index (Phi) is 6.08. The lowest BCUT2D eigenvalue weighted by atomic mass is 10.1. The number of aromatic nitrogens is 1. The van der Waals surface area contributed by atoms with Crippen molar-refractivity contribution in [2.24, 2.45) is 0 Å². The highest BCUT2D eigenvalue weighted by molar-refractivity contribution is 7.09. The van der Waals surface area contributed by atoms with E-state index in [1.54, 1.807) is 29.5 Å². The smallest absolute Gasteiger partial charge is 0.337 e. The zero-order valence-electron chi connectivity index (χ0n) is 15.8. The lowest BCUT2D eigenvalue weighted by molar-refractivity contribution is 0.0600. The summed E-state index contributed by atoms with van der Waals surface area (Å²) in [6, 6.07) is 4.99. The van der Waals surface area contributed by atoms with Gasteiger partial charge in [-0.15, -0.1) is 11.3 Å². The third kappa shape index (κ3) is 4.84. The Morgan fingerprint density at radius 2 is 1.96 bits per heavy atom. The zero-order chi connectivity index (χ0) is 19.4. The largest absolute Gasteiger partial charge is 0.465 e. The van der Waals surface area contributed by atoms with E-state index >= 15 is 0 Å². The summed E-state index contributed by atoms with van der Waals surface area (Å²) in [5.74, 6) is -0.387. The van der Waals surface area contributed by atoms with Gasteiger partial charge in [-0.05, 0) is 37.6 Å². The lowest BCUT2D eigenvalue weighted by Crippen LogP contribution is -2.49. The van der Waals surface area contributed by atoms with Crippen molar-refractivity contribution in [3.05, 3.63) is 45.4 Å². The minimum atomic E-state index is -0.387. The number of nitrogens with one attached hydrogen (secondary N) is 1. The van der Waals surface area contributed by atoms with Crippen LogP contribution in [0.5, 0.6) is 0 Å². The molecule has 1 aromatic carbocycles. The molecule has 8 heteroatoms. The highest BCUT2D eigenvalue weighted by Gasteiger charge is 2.22. The van der Waals surface area contributed by atoms with E-state index in [1.165, 1.54) is 7.11 Å². The lowest BCUT2D eigenvalue weighted by Gasteiger charge is -2.34. The summed E-state index contributed by atoms with van der Waals surface area (Å²) in [5, 5.41) is 6.11. The highest BCUT2D eigenvalue weighted by Crippen LogP contribution is 2.18. The van der Waals surface area contributed by atoms with Crippen LogP contribution in [0, 0.1) is 13.8 Å². The van der Waals surface area contributed by atoms with E-state index in [4.69, 9.17) is 4.74 Å². The number of methoxy groups -OCH3 is 1. The van der Waals surface area contributed by atoms with Gasteiger partial charge in [-0.3, -0.25) is 4.90 Å². The number of amides is 2. The van der Waals surface area contributed by atoms with Gasteiger partial charge in [0, 0.05) is 43.8 Å². The quantitative estimate of drug-likeness (QED) is 0.815. The first-order chi connectivity index (χ1) is 13.0. The molecule has 0 radical (unpaired) electrons. The molecule has 2 aromatic rings. The summed E-state index contributed by atoms with van der Waals surface area (Å²) in [4.78, 5) is 32.8. The third-order valence-corrected chi connectivity index (χ3v) is 5.42. The number of aryl methyl sites for hydroxylation is 2. The Bertz CT molecular complexity index is 828. The fraction of sp³-hybridized carbons (Fsp3) is 0.421. The number of ether oxygens (including phenoxy) is 1. The Balaban J connectivity index is 1.53. The van der Waals surface area contributed by atoms with Crippen molar-refractivity contribution >= 4 is 29.0 Å². The van der Waals surface area contributed by atoms with Crippen LogP contribution in [0.4, 0.5) is 10.5 Å². The van der Waals surface area contributed by atoms with Crippen LogP contribution in [0.3, 0.4) is 0 Å². The van der Waals surface area contributed by atoms with Crippen LogP contribution in [0.25, 0.3) is 0 Å². The van der Waals surface area contributed by atoms with Crippen LogP contribution >= 0.6 is 11.3 Å². The number of piperazine rings is 1. The van der Waals surface area contributed by atoms with E-state index in [0.717, 1.165) is 35.9 Å². The standard InChI is InChI=1S/C19H24N4O3S/c1-13-10-15(18(24)26-3)4-5-17(13)21-19(25)23-8-6-22(7-9-23)11-16-12-27-14(2)20-16/h4-5,10,12H,6-9,11H2,1-3H3,(H,21,25). The fourth-order valence-electron chi connectivity index (χ4n) is 3.06. The first-order valence-corrected chi connectivity index (χ1v) is 9.72. The van der Waals surface area contributed by atoms with Crippen molar-refractivity contribution < 1.29 is 14.3 Å². The molecular formula is C19H24N4O3S. The number of anilines is 1. The number of esters is 1. The second kappa shape index (κ2) is 8.49. The van der Waals surface area contributed by atoms with Crippen LogP contribution in [-0.4, -0.2) is 60.1 Å². The van der Waals surface area contributed by atoms with Crippen molar-refractivity contribution in [1.29, 1.82) is 0 Å². The summed E-state index contributed by atoms with van der Waals surface area (Å²) in [7, 11) is 1.35. The minimum Gasteiger partial charge on any atom is -0.465 e. The average Bonchev–Trinajstić information content (AvgIpc) is 3.08. The van der Waals surface area contributed by atoms with Crippen LogP contribution in [0.15, 0.2) is 23.6 Å². The van der Waals surface area contributed by atoms with Gasteiger partial charge in [0.05, 0.1) is 23.4 Å². The van der Waals surface area contributed by atoms with Gasteiger partial charge >= 0.3 is 12.0 Å². The summed E-state index contributed by atoms with van der Waals surface area (Å²) >= 11 is 1.66. The molecule has 1 N–H and O–H groups in total. The molecule has 0 spiro atoms. The second-order valence-corrected chi connectivity index (χ2v) is 7.63. The maximum Gasteiger partial charge on any atom is 0.337 e. The Labute approximate surface area is 162 Å². The number of thiazole rings is 1. The van der Waals surface area contributed by atoms with Crippen molar-refractivity contribution in [2.75, 3.05) is 38.6 Å². The van der Waals surface area contributed by atoms with Gasteiger partial charge in [0.15, 0.2) is 0 Å². The molecule has 1 aromatic heterocycles. The number of carbonyl (C=O) groups is 2. The number of hydrogen-bond donors (Lipinski definition) is 1. The number of benzene rings is 1. The summed E-state index contributed by atoms with van der Waals surface area (Å²) < 4.78 is 4.72. The van der Waals surface area contributed by atoms with Gasteiger partial charge < -0.3 is 15.0 Å². The minimum absolute atomic E-state index is 0.118. The van der Waals surface area contributed by atoms with Gasteiger partial charge in [0.1, 0.15) is 0 Å². The Hall–Kier alpha value is -2.45. The van der Waals surface area contributed by atoms with Crippen LogP contribution in [0.1, 0.15) is 26.6 Å². The van der Waals surface area contributed by atoms with E-state index in [0.29, 0.717) is 24.3 Å². The van der Waals surface area contributed by atoms with E-state index in [-0.39, 0.29) is 12.0 Å². The molecule has 0 unspecified atom stereocenters. The molecule has 7 nitrogen and oxygen atoms in total. The van der Waals surface area contributed by atoms with Crippen molar-refractivity contribution in [2.45, 2.75) is 20.4 Å². The third-order valence-electron chi connectivity index (χ3n) is 4.60. The first kappa shape index (κ1) is 19.3. The number of urea groups is 1. The van der Waals surface area contributed by atoms with E-state index in [2.05, 4.69) is 20.6 Å². The van der Waals surface area contributed by atoms with Crippen LogP contribution < -0.4 is 5.32 Å². The molecule has 0 aliphatic carbocycles. The number of nitrogens with zero attached hydrogens (tertiary/aromatic N) is 3. The molecule has 0 atom stereocenters. The summed E-state index contributed by atoms with van der Waals surface area (Å²) in [6.45, 7) is 7.69. The van der Waals surface area contributed by atoms with E-state index in [9.17, 15) is 9.59 Å². The Morgan fingerprint density at radius 1 is 1.22 bits per heavy atom. The van der Waals surface area contributed by atoms with Gasteiger partial charge in [-0.25, -0.2) is 14.6 Å². The Morgan fingerprint density at radius 3 is 2.56 bits per heavy atom. The van der Waals surface area contributed by atoms with Crippen LogP contribution in [0.2, 0.25) is 0 Å². The number of carbonyl (C=O) groups excluding carboxylic acids is 2. The molecule has 2 amide bonds. The molecule has 0 saturated carbocycles. The zero-order valence-corrected chi connectivity index (χ0v) is 16.6. The monoisotopic (exact) mass is 388 g/mol. The molecule has 1 saturated heterocycles. The van der Waals surface area contributed by atoms with Crippen LogP contribution in [-0.2, 0) is 11.3 Å². The molecule has 0 bridgehead atoms. The average molecular weight is 388 g/mol. The molecule has 3 rings (SSSR count). The first-order valence-electron chi connectivity index (χ1n) is 8.84. The maximum absolute atomic E-state index is 12.6. The van der Waals surface area contributed by atoms with Crippen molar-refractivity contribution in [3.63, 3.8) is 0 Å². The SMILES string of the molecule is COC(=O)c1ccc(NC(=O)N2CCN(Cc3csc(C)n3)CC2)c(C)c1. The molecule has 2 heterocycles. The fourth-order valence-corrected chi connectivity index (χ4v) is 3.67. The number of hydrogen-bond acceptors (Lipinski definition) is 6. The number of rotatable bonds is 4.